The Labute approximate surface area is 175 Å². The van der Waals surface area contributed by atoms with Gasteiger partial charge in [0.2, 0.25) is 0 Å². The summed E-state index contributed by atoms with van der Waals surface area (Å²) in [7, 11) is 0. The van der Waals surface area contributed by atoms with E-state index in [9.17, 15) is 4.79 Å². The summed E-state index contributed by atoms with van der Waals surface area (Å²) in [5.41, 5.74) is 0.542. The number of hydrogen-bond donors (Lipinski definition) is 1. The van der Waals surface area contributed by atoms with Gasteiger partial charge in [-0.25, -0.2) is 4.98 Å². The Hall–Kier alpha value is -2.70. The maximum absolute atomic E-state index is 12.7. The summed E-state index contributed by atoms with van der Waals surface area (Å²) in [5.74, 6) is 1.18. The molecule has 0 aliphatic carbocycles. The average molecular weight is 408 g/mol. The highest BCUT2D eigenvalue weighted by Gasteiger charge is 2.19. The highest BCUT2D eigenvalue weighted by atomic mass is 32.1. The molecule has 1 atom stereocenters. The van der Waals surface area contributed by atoms with Crippen LogP contribution in [-0.4, -0.2) is 28.4 Å². The van der Waals surface area contributed by atoms with Gasteiger partial charge in [0.05, 0.1) is 0 Å². The summed E-state index contributed by atoms with van der Waals surface area (Å²) in [5, 5.41) is 3.54. The Balaban J connectivity index is 1.38. The van der Waals surface area contributed by atoms with Crippen molar-refractivity contribution in [2.75, 3.05) is 11.9 Å². The third-order valence-electron chi connectivity index (χ3n) is 5.15. The van der Waals surface area contributed by atoms with Crippen molar-refractivity contribution >= 4 is 22.4 Å². The van der Waals surface area contributed by atoms with Gasteiger partial charge in [0.25, 0.3) is 5.91 Å². The molecule has 5 nitrogen and oxygen atoms in total. The number of likely N-dealkylation sites (tertiary alicyclic amines) is 1. The molecule has 4 rings (SSSR count). The monoisotopic (exact) mass is 407 g/mol. The molecule has 0 bridgehead atoms. The zero-order valence-electron chi connectivity index (χ0n) is 16.5. The number of piperidine rings is 1. The van der Waals surface area contributed by atoms with Gasteiger partial charge in [0.15, 0.2) is 5.13 Å². The van der Waals surface area contributed by atoms with Gasteiger partial charge in [0, 0.05) is 29.2 Å². The molecular weight excluding hydrogens is 382 g/mol. The summed E-state index contributed by atoms with van der Waals surface area (Å²) in [6.07, 6.45) is 5.70. The van der Waals surface area contributed by atoms with Crippen molar-refractivity contribution in [2.45, 2.75) is 38.8 Å². The first-order valence-corrected chi connectivity index (χ1v) is 10.8. The molecule has 1 saturated heterocycles. The Kier molecular flexibility index (Phi) is 6.22. The highest BCUT2D eigenvalue weighted by Crippen LogP contribution is 2.25. The second-order valence-electron chi connectivity index (χ2n) is 7.34. The van der Waals surface area contributed by atoms with Crippen LogP contribution in [0.4, 0.5) is 5.13 Å². The summed E-state index contributed by atoms with van der Waals surface area (Å²) in [6.45, 7) is 4.32. The van der Waals surface area contributed by atoms with Crippen LogP contribution in [0.5, 0.6) is 11.5 Å². The van der Waals surface area contributed by atoms with E-state index in [2.05, 4.69) is 22.1 Å². The number of anilines is 1. The molecule has 0 saturated carbocycles. The van der Waals surface area contributed by atoms with Crippen molar-refractivity contribution in [1.82, 2.24) is 9.88 Å². The molecule has 1 amide bonds. The molecule has 1 unspecified atom stereocenters. The van der Waals surface area contributed by atoms with Crippen LogP contribution in [0.25, 0.3) is 0 Å². The number of rotatable bonds is 6. The zero-order valence-corrected chi connectivity index (χ0v) is 17.3. The standard InChI is InChI=1S/C23H25N3O2S/c1-17-8-5-6-13-26(17)16-21-15-24-23(29-21)25-22(27)18-9-7-12-20(14-18)28-19-10-3-2-4-11-19/h2-4,7,9-12,14-15,17H,5-6,8,13,16H2,1H3,(H,24,25,27). The van der Waals surface area contributed by atoms with E-state index in [1.54, 1.807) is 23.5 Å². The van der Waals surface area contributed by atoms with Crippen LogP contribution in [0.2, 0.25) is 0 Å². The van der Waals surface area contributed by atoms with Crippen molar-refractivity contribution in [1.29, 1.82) is 0 Å². The van der Waals surface area contributed by atoms with E-state index >= 15 is 0 Å². The summed E-state index contributed by atoms with van der Waals surface area (Å²) >= 11 is 1.54. The van der Waals surface area contributed by atoms with Crippen LogP contribution in [0.15, 0.2) is 60.8 Å². The molecule has 1 fully saturated rings. The van der Waals surface area contributed by atoms with Crippen molar-refractivity contribution in [3.05, 3.63) is 71.2 Å². The lowest BCUT2D eigenvalue weighted by atomic mass is 10.0. The van der Waals surface area contributed by atoms with E-state index in [1.165, 1.54) is 24.1 Å². The Morgan fingerprint density at radius 2 is 2.00 bits per heavy atom. The topological polar surface area (TPSA) is 54.5 Å². The van der Waals surface area contributed by atoms with Gasteiger partial charge < -0.3 is 4.74 Å². The summed E-state index contributed by atoms with van der Waals surface area (Å²) < 4.78 is 5.82. The van der Waals surface area contributed by atoms with Gasteiger partial charge >= 0.3 is 0 Å². The first-order valence-electron chi connectivity index (χ1n) is 10.0. The van der Waals surface area contributed by atoms with E-state index < -0.39 is 0 Å². The predicted molar refractivity (Wildman–Crippen MR) is 117 cm³/mol. The molecule has 29 heavy (non-hydrogen) atoms. The normalized spacial score (nSPS) is 17.1. The lowest BCUT2D eigenvalue weighted by molar-refractivity contribution is 0.102. The fourth-order valence-electron chi connectivity index (χ4n) is 3.53. The van der Waals surface area contributed by atoms with Crippen molar-refractivity contribution in [3.63, 3.8) is 0 Å². The number of amides is 1. The molecule has 1 N–H and O–H groups in total. The number of carbonyl (C=O) groups is 1. The Morgan fingerprint density at radius 1 is 1.17 bits per heavy atom. The van der Waals surface area contributed by atoms with Gasteiger partial charge in [-0.1, -0.05) is 30.7 Å². The molecule has 3 aromatic rings. The van der Waals surface area contributed by atoms with Crippen LogP contribution in [-0.2, 0) is 6.54 Å². The number of benzene rings is 2. The van der Waals surface area contributed by atoms with E-state index in [1.807, 2.05) is 48.7 Å². The molecule has 1 aliphatic heterocycles. The molecule has 2 heterocycles. The molecule has 6 heteroatoms. The number of hydrogen-bond acceptors (Lipinski definition) is 5. The maximum atomic E-state index is 12.7. The second kappa shape index (κ2) is 9.20. The van der Waals surface area contributed by atoms with E-state index in [0.717, 1.165) is 18.8 Å². The van der Waals surface area contributed by atoms with Crippen LogP contribution in [0.3, 0.4) is 0 Å². The van der Waals surface area contributed by atoms with E-state index in [0.29, 0.717) is 22.5 Å². The minimum absolute atomic E-state index is 0.184. The van der Waals surface area contributed by atoms with Gasteiger partial charge in [-0.15, -0.1) is 11.3 Å². The smallest absolute Gasteiger partial charge is 0.257 e. The van der Waals surface area contributed by atoms with Crippen molar-refractivity contribution in [2.24, 2.45) is 0 Å². The van der Waals surface area contributed by atoms with Gasteiger partial charge in [0.1, 0.15) is 11.5 Å². The first kappa shape index (κ1) is 19.6. The molecule has 0 radical (unpaired) electrons. The number of para-hydroxylation sites is 1. The minimum Gasteiger partial charge on any atom is -0.457 e. The maximum Gasteiger partial charge on any atom is 0.257 e. The fraction of sp³-hybridized carbons (Fsp3) is 0.304. The largest absolute Gasteiger partial charge is 0.457 e. The van der Waals surface area contributed by atoms with Crippen LogP contribution >= 0.6 is 11.3 Å². The van der Waals surface area contributed by atoms with Crippen molar-refractivity contribution < 1.29 is 9.53 Å². The van der Waals surface area contributed by atoms with Gasteiger partial charge in [-0.2, -0.15) is 0 Å². The number of ether oxygens (including phenoxy) is 1. The third-order valence-corrected chi connectivity index (χ3v) is 6.05. The molecule has 2 aromatic carbocycles. The van der Waals surface area contributed by atoms with Crippen LogP contribution < -0.4 is 10.1 Å². The fourth-order valence-corrected chi connectivity index (χ4v) is 4.36. The highest BCUT2D eigenvalue weighted by molar-refractivity contribution is 7.15. The molecule has 1 aliphatic rings. The summed E-state index contributed by atoms with van der Waals surface area (Å²) in [6, 6.07) is 17.3. The molecule has 1 aromatic heterocycles. The minimum atomic E-state index is -0.184. The van der Waals surface area contributed by atoms with Gasteiger partial charge in [-0.05, 0) is 56.6 Å². The molecule has 0 spiro atoms. The Morgan fingerprint density at radius 3 is 2.83 bits per heavy atom. The number of carbonyl (C=O) groups excluding carboxylic acids is 1. The molecule has 150 valence electrons. The summed E-state index contributed by atoms with van der Waals surface area (Å²) in [4.78, 5) is 20.7. The SMILES string of the molecule is CC1CCCCN1Cc1cnc(NC(=O)c2cccc(Oc3ccccc3)c2)s1. The number of thiazole rings is 1. The quantitative estimate of drug-likeness (QED) is 0.581. The van der Waals surface area contributed by atoms with E-state index in [-0.39, 0.29) is 5.91 Å². The predicted octanol–water partition coefficient (Wildman–Crippen LogP) is 5.56. The zero-order chi connectivity index (χ0) is 20.1. The van der Waals surface area contributed by atoms with Gasteiger partial charge in [-0.3, -0.25) is 15.0 Å². The first-order chi connectivity index (χ1) is 14.2. The number of nitrogens with one attached hydrogen (secondary N) is 1. The Bertz CT molecular complexity index is 958. The lowest BCUT2D eigenvalue weighted by Crippen LogP contribution is -2.36. The van der Waals surface area contributed by atoms with E-state index in [4.69, 9.17) is 4.74 Å². The molecular formula is C23H25N3O2S. The van der Waals surface area contributed by atoms with Crippen LogP contribution in [0, 0.1) is 0 Å². The number of aromatic nitrogens is 1. The van der Waals surface area contributed by atoms with Crippen LogP contribution in [0.1, 0.15) is 41.4 Å². The third kappa shape index (κ3) is 5.22. The number of nitrogens with zero attached hydrogens (tertiary/aromatic N) is 2. The average Bonchev–Trinajstić information content (AvgIpc) is 3.17. The second-order valence-corrected chi connectivity index (χ2v) is 8.46. The lowest BCUT2D eigenvalue weighted by Gasteiger charge is -2.32. The van der Waals surface area contributed by atoms with Crippen molar-refractivity contribution in [3.8, 4) is 11.5 Å².